The third-order valence-corrected chi connectivity index (χ3v) is 6.45. The molecule has 0 unspecified atom stereocenters. The minimum absolute atomic E-state index is 0.0794. The highest BCUT2D eigenvalue weighted by Gasteiger charge is 2.36. The quantitative estimate of drug-likeness (QED) is 0.163. The molecule has 3 aromatic carbocycles. The fraction of sp³-hybridized carbons (Fsp3) is 0.0400. The fourth-order valence-corrected chi connectivity index (χ4v) is 4.16. The van der Waals surface area contributed by atoms with Gasteiger partial charge in [0.2, 0.25) is 0 Å². The Bertz CT molecular complexity index is 1780. The van der Waals surface area contributed by atoms with Crippen molar-refractivity contribution < 1.29 is 27.8 Å². The number of anilines is 1. The zero-order valence-corrected chi connectivity index (χ0v) is 21.0. The predicted molar refractivity (Wildman–Crippen MR) is 138 cm³/mol. The van der Waals surface area contributed by atoms with Crippen LogP contribution in [0.4, 0.5) is 23.2 Å². The zero-order chi connectivity index (χ0) is 28.1. The maximum absolute atomic E-state index is 15.1. The Labute approximate surface area is 227 Å². The van der Waals surface area contributed by atoms with Crippen LogP contribution in [0.25, 0.3) is 22.4 Å². The van der Waals surface area contributed by atoms with E-state index in [0.717, 1.165) is 10.7 Å². The molecule has 1 amide bonds. The number of aromatic nitrogens is 4. The summed E-state index contributed by atoms with van der Waals surface area (Å²) < 4.78 is 57.8. The Morgan fingerprint density at radius 3 is 2.44 bits per heavy atom. The average Bonchev–Trinajstić information content (AvgIpc) is 3.51. The lowest BCUT2D eigenvalue weighted by Crippen LogP contribution is -2.46. The predicted octanol–water partition coefficient (Wildman–Crippen LogP) is 4.39. The molecule has 0 spiro atoms. The van der Waals surface area contributed by atoms with Gasteiger partial charge in [-0.1, -0.05) is 29.3 Å². The lowest BCUT2D eigenvalue weighted by molar-refractivity contribution is -0.141. The number of carbonyl (C=O) groups excluding carboxylic acids is 1. The van der Waals surface area contributed by atoms with Crippen LogP contribution in [0.1, 0.15) is 21.7 Å². The zero-order valence-electron chi connectivity index (χ0n) is 19.5. The number of nitrogens with one attached hydrogen (secondary N) is 1. The topological polar surface area (TPSA) is 116 Å². The Kier molecular flexibility index (Phi) is 6.52. The highest BCUT2D eigenvalue weighted by molar-refractivity contribution is 6.42. The van der Waals surface area contributed by atoms with Crippen LogP contribution in [0.15, 0.2) is 67.0 Å². The molecule has 5 aromatic rings. The van der Waals surface area contributed by atoms with Crippen molar-refractivity contribution in [1.82, 2.24) is 19.3 Å². The molecule has 0 radical (unpaired) electrons. The molecule has 0 bridgehead atoms. The number of hydrogen-bond donors (Lipinski definition) is 3. The second-order valence-corrected chi connectivity index (χ2v) is 9.13. The number of benzene rings is 3. The lowest BCUT2D eigenvalue weighted by atomic mass is 10.2. The van der Waals surface area contributed by atoms with Gasteiger partial charge in [-0.05, 0) is 42.5 Å². The van der Waals surface area contributed by atoms with Gasteiger partial charge in [0.05, 0.1) is 43.7 Å². The van der Waals surface area contributed by atoms with Gasteiger partial charge >= 0.3 is 6.18 Å². The minimum Gasteiger partial charge on any atom is -0.318 e. The van der Waals surface area contributed by atoms with Crippen LogP contribution < -0.4 is 16.5 Å². The molecule has 0 saturated heterocycles. The van der Waals surface area contributed by atoms with Crippen LogP contribution >= 0.6 is 23.2 Å². The minimum atomic E-state index is -4.84. The van der Waals surface area contributed by atoms with Crippen molar-refractivity contribution >= 4 is 51.7 Å². The number of carbonyl (C=O) groups is 1. The molecule has 0 aliphatic rings. The number of halogens is 6. The van der Waals surface area contributed by atoms with E-state index in [4.69, 9.17) is 34.3 Å². The summed E-state index contributed by atoms with van der Waals surface area (Å²) in [5, 5.41) is 12.0. The normalized spacial score (nSPS) is 11.6. The first-order valence-electron chi connectivity index (χ1n) is 11.0. The van der Waals surface area contributed by atoms with Crippen LogP contribution in [0.5, 0.6) is 0 Å². The summed E-state index contributed by atoms with van der Waals surface area (Å²) in [7, 11) is 0. The van der Waals surface area contributed by atoms with Crippen LogP contribution in [-0.4, -0.2) is 31.1 Å². The van der Waals surface area contributed by atoms with Gasteiger partial charge < -0.3 is 5.32 Å². The smallest absolute Gasteiger partial charge is 0.318 e. The molecule has 2 heterocycles. The monoisotopic (exact) mass is 576 g/mol. The first-order valence-corrected chi connectivity index (χ1v) is 11.8. The first-order chi connectivity index (χ1) is 18.4. The molecule has 14 heteroatoms. The number of rotatable bonds is 5. The Balaban J connectivity index is 1.49. The average molecular weight is 577 g/mol. The number of hydrogen-bond acceptors (Lipinski definition) is 3. The van der Waals surface area contributed by atoms with Gasteiger partial charge in [0, 0.05) is 12.1 Å². The van der Waals surface area contributed by atoms with Crippen LogP contribution in [-0.2, 0) is 6.18 Å². The highest BCUT2D eigenvalue weighted by atomic mass is 35.5. The molecular formula is C25H16Cl2F4N7O+. The van der Waals surface area contributed by atoms with E-state index in [2.05, 4.69) is 15.4 Å². The number of amides is 1. The van der Waals surface area contributed by atoms with Gasteiger partial charge in [-0.3, -0.25) is 20.5 Å². The fourth-order valence-electron chi connectivity index (χ4n) is 3.85. The number of nitrogens with zero attached hydrogens (tertiary/aromatic N) is 4. The molecule has 0 aliphatic carbocycles. The summed E-state index contributed by atoms with van der Waals surface area (Å²) >= 11 is 12.1. The summed E-state index contributed by atoms with van der Waals surface area (Å²) in [6.45, 7) is 0. The van der Waals surface area contributed by atoms with E-state index < -0.39 is 29.3 Å². The molecule has 0 fully saturated rings. The molecule has 5 N–H and O–H groups in total. The SMILES string of the molecule is NC(=[NH2+])c1cccc(-n2nc(C(F)(F)F)cc2C(=O)Nc2ccc(-n3cnc4cc(Cl)c(Cl)cc43)cc2F)c1. The van der Waals surface area contributed by atoms with Crippen molar-refractivity contribution in [2.45, 2.75) is 6.18 Å². The second-order valence-electron chi connectivity index (χ2n) is 8.32. The summed E-state index contributed by atoms with van der Waals surface area (Å²) in [5.74, 6) is -1.96. The van der Waals surface area contributed by atoms with E-state index in [9.17, 15) is 18.0 Å². The molecule has 0 saturated carbocycles. The number of fused-ring (bicyclic) bond motifs is 1. The van der Waals surface area contributed by atoms with Crippen LogP contribution in [0.3, 0.4) is 0 Å². The van der Waals surface area contributed by atoms with E-state index in [1.807, 2.05) is 0 Å². The summed E-state index contributed by atoms with van der Waals surface area (Å²) in [6.07, 6.45) is -3.40. The molecule has 8 nitrogen and oxygen atoms in total. The largest absolute Gasteiger partial charge is 0.435 e. The van der Waals surface area contributed by atoms with Crippen molar-refractivity contribution in [2.75, 3.05) is 5.32 Å². The van der Waals surface area contributed by atoms with Crippen molar-refractivity contribution in [1.29, 1.82) is 0 Å². The molecule has 0 aliphatic heterocycles. The maximum atomic E-state index is 15.1. The standard InChI is InChI=1S/C25H15Cl2F4N7O/c26-15-8-19-20(9-16(15)27)37(11-34-19)13-4-5-18(17(28)7-13)35-24(39)21-10-22(25(29,30)31)36-38(21)14-3-1-2-12(6-14)23(32)33/h1-11H,(H3,32,33)(H,35,39)/p+1. The number of nitrogens with two attached hydrogens (primary N) is 2. The van der Waals surface area contributed by atoms with E-state index in [0.29, 0.717) is 33.4 Å². The van der Waals surface area contributed by atoms with Crippen LogP contribution in [0, 0.1) is 5.82 Å². The highest BCUT2D eigenvalue weighted by Crippen LogP contribution is 2.31. The molecule has 2 aromatic heterocycles. The third kappa shape index (κ3) is 5.03. The van der Waals surface area contributed by atoms with Crippen molar-refractivity contribution in [2.24, 2.45) is 5.73 Å². The van der Waals surface area contributed by atoms with Crippen molar-refractivity contribution in [3.8, 4) is 11.4 Å². The van der Waals surface area contributed by atoms with E-state index >= 15 is 4.39 Å². The summed E-state index contributed by atoms with van der Waals surface area (Å²) in [4.78, 5) is 17.3. The van der Waals surface area contributed by atoms with Crippen molar-refractivity contribution in [3.63, 3.8) is 0 Å². The van der Waals surface area contributed by atoms with Gasteiger partial charge in [0.25, 0.3) is 11.7 Å². The van der Waals surface area contributed by atoms with Gasteiger partial charge in [-0.2, -0.15) is 18.3 Å². The van der Waals surface area contributed by atoms with Gasteiger partial charge in [-0.15, -0.1) is 0 Å². The number of alkyl halides is 3. The van der Waals surface area contributed by atoms with Crippen molar-refractivity contribution in [3.05, 3.63) is 99.8 Å². The van der Waals surface area contributed by atoms with Gasteiger partial charge in [0.1, 0.15) is 17.8 Å². The summed E-state index contributed by atoms with van der Waals surface area (Å²) in [6, 6.07) is 13.4. The molecular weight excluding hydrogens is 561 g/mol. The Hall–Kier alpha value is -4.42. The first kappa shape index (κ1) is 26.2. The number of imidazole rings is 1. The van der Waals surface area contributed by atoms with Crippen LogP contribution in [0.2, 0.25) is 10.0 Å². The van der Waals surface area contributed by atoms with E-state index in [1.54, 1.807) is 16.7 Å². The number of amidine groups is 1. The van der Waals surface area contributed by atoms with Gasteiger partial charge in [-0.25, -0.2) is 14.1 Å². The lowest BCUT2D eigenvalue weighted by Gasteiger charge is -2.11. The third-order valence-electron chi connectivity index (χ3n) is 5.72. The van der Waals surface area contributed by atoms with E-state index in [-0.39, 0.29) is 22.2 Å². The second kappa shape index (κ2) is 9.71. The molecule has 198 valence electrons. The maximum Gasteiger partial charge on any atom is 0.435 e. The Morgan fingerprint density at radius 1 is 1.00 bits per heavy atom. The molecule has 0 atom stereocenters. The molecule has 5 rings (SSSR count). The van der Waals surface area contributed by atoms with Gasteiger partial charge in [0.15, 0.2) is 5.69 Å². The van der Waals surface area contributed by atoms with E-state index in [1.165, 1.54) is 42.7 Å². The Morgan fingerprint density at radius 2 is 1.74 bits per heavy atom. The molecule has 39 heavy (non-hydrogen) atoms. The summed E-state index contributed by atoms with van der Waals surface area (Å²) in [5.41, 5.74) is 5.34.